The van der Waals surface area contributed by atoms with Crippen LogP contribution in [0.25, 0.3) is 0 Å². The zero-order valence-corrected chi connectivity index (χ0v) is 10.6. The topological polar surface area (TPSA) is 47.6 Å². The molecule has 1 aromatic heterocycles. The number of rotatable bonds is 0. The van der Waals surface area contributed by atoms with Crippen molar-refractivity contribution in [1.82, 2.24) is 0 Å². The van der Waals surface area contributed by atoms with Gasteiger partial charge in [0.1, 0.15) is 10.9 Å². The van der Waals surface area contributed by atoms with Crippen molar-refractivity contribution in [2.75, 3.05) is 0 Å². The number of benzene rings is 1. The van der Waals surface area contributed by atoms with Crippen molar-refractivity contribution in [1.29, 1.82) is 10.5 Å². The van der Waals surface area contributed by atoms with Crippen LogP contribution in [0.1, 0.15) is 21.6 Å². The van der Waals surface area contributed by atoms with E-state index < -0.39 is 0 Å². The van der Waals surface area contributed by atoms with Gasteiger partial charge in [-0.3, -0.25) is 0 Å². The minimum absolute atomic E-state index is 0.762. The smallest absolute Gasteiger partial charge is 0.110 e. The summed E-state index contributed by atoms with van der Waals surface area (Å²) in [5, 5.41) is 18.8. The minimum atomic E-state index is 0.762. The van der Waals surface area contributed by atoms with Gasteiger partial charge in [0, 0.05) is 0 Å². The van der Waals surface area contributed by atoms with E-state index in [2.05, 4.69) is 12.1 Å². The predicted molar refractivity (Wildman–Crippen MR) is 69.7 cm³/mol. The van der Waals surface area contributed by atoms with Gasteiger partial charge < -0.3 is 0 Å². The Morgan fingerprint density at radius 3 is 2.00 bits per heavy atom. The summed E-state index contributed by atoms with van der Waals surface area (Å²) in [4.78, 5) is 0.824. The van der Waals surface area contributed by atoms with Gasteiger partial charge >= 0.3 is 0 Å². The van der Waals surface area contributed by atoms with Crippen LogP contribution in [0.5, 0.6) is 0 Å². The summed E-state index contributed by atoms with van der Waals surface area (Å²) in [5.41, 5.74) is 2.88. The Morgan fingerprint density at radius 2 is 1.65 bits per heavy atom. The molecule has 3 heteroatoms. The summed E-state index contributed by atoms with van der Waals surface area (Å²) >= 11 is 1.49. The quantitative estimate of drug-likeness (QED) is 0.703. The summed E-state index contributed by atoms with van der Waals surface area (Å²) in [6, 6.07) is 13.7. The molecule has 0 amide bonds. The highest BCUT2D eigenvalue weighted by molar-refractivity contribution is 7.10. The van der Waals surface area contributed by atoms with Crippen LogP contribution in [0.2, 0.25) is 0 Å². The molecule has 2 aromatic rings. The monoisotopic (exact) mass is 240 g/mol. The van der Waals surface area contributed by atoms with Crippen LogP contribution in [-0.2, 0) is 0 Å². The van der Waals surface area contributed by atoms with Gasteiger partial charge in [-0.2, -0.15) is 10.5 Å². The van der Waals surface area contributed by atoms with Gasteiger partial charge in [-0.25, -0.2) is 0 Å². The molecule has 0 radical (unpaired) electrons. The second-order valence-corrected chi connectivity index (χ2v) is 4.39. The molecule has 0 bridgehead atoms. The first-order valence-electron chi connectivity index (χ1n) is 5.09. The number of thiophene rings is 1. The van der Waals surface area contributed by atoms with Gasteiger partial charge in [0.05, 0.1) is 11.6 Å². The molecule has 0 atom stereocenters. The maximum Gasteiger partial charge on any atom is 0.110 e. The third-order valence-corrected chi connectivity index (χ3v) is 3.15. The molecule has 17 heavy (non-hydrogen) atoms. The molecule has 0 saturated heterocycles. The van der Waals surface area contributed by atoms with Gasteiger partial charge in [-0.05, 0) is 42.5 Å². The maximum absolute atomic E-state index is 8.47. The van der Waals surface area contributed by atoms with Crippen LogP contribution in [0, 0.1) is 36.5 Å². The van der Waals surface area contributed by atoms with E-state index in [9.17, 15) is 0 Å². The minimum Gasteiger partial charge on any atom is -0.192 e. The van der Waals surface area contributed by atoms with Crippen LogP contribution >= 0.6 is 11.3 Å². The number of aryl methyl sites for hydroxylation is 2. The van der Waals surface area contributed by atoms with E-state index >= 15 is 0 Å². The summed E-state index contributed by atoms with van der Waals surface area (Å²) in [6.07, 6.45) is 0. The van der Waals surface area contributed by atoms with Gasteiger partial charge in [-0.1, -0.05) is 18.2 Å². The molecule has 2 nitrogen and oxygen atoms in total. The van der Waals surface area contributed by atoms with Crippen LogP contribution in [0.3, 0.4) is 0 Å². The second-order valence-electron chi connectivity index (χ2n) is 3.47. The molecule has 84 valence electrons. The van der Waals surface area contributed by atoms with Crippen molar-refractivity contribution >= 4 is 11.3 Å². The van der Waals surface area contributed by atoms with Crippen molar-refractivity contribution in [2.45, 2.75) is 13.8 Å². The molecule has 0 aliphatic rings. The van der Waals surface area contributed by atoms with Crippen LogP contribution in [-0.4, -0.2) is 0 Å². The van der Waals surface area contributed by atoms with E-state index in [4.69, 9.17) is 10.5 Å². The van der Waals surface area contributed by atoms with E-state index in [1.54, 1.807) is 0 Å². The lowest BCUT2D eigenvalue weighted by Crippen LogP contribution is -1.77. The Balaban J connectivity index is 0.000000171. The molecular formula is C14H12N2S. The van der Waals surface area contributed by atoms with Crippen LogP contribution < -0.4 is 0 Å². The molecule has 0 N–H and O–H groups in total. The fraction of sp³-hybridized carbons (Fsp3) is 0.143. The standard InChI is InChI=1S/C8H7N.C6H5NS/c1-7-4-2-3-5-8(7)6-9;1-5-2-3-8-6(5)4-7/h2-5H,1H3;2-3H,1H3. The van der Waals surface area contributed by atoms with E-state index in [1.165, 1.54) is 11.3 Å². The highest BCUT2D eigenvalue weighted by Crippen LogP contribution is 2.12. The van der Waals surface area contributed by atoms with Crippen molar-refractivity contribution < 1.29 is 0 Å². The van der Waals surface area contributed by atoms with Crippen molar-refractivity contribution in [3.05, 3.63) is 57.3 Å². The molecule has 0 spiro atoms. The average molecular weight is 240 g/mol. The highest BCUT2D eigenvalue weighted by atomic mass is 32.1. The SMILES string of the molecule is Cc1ccccc1C#N.Cc1ccsc1C#N. The molecule has 0 fully saturated rings. The summed E-state index contributed by atoms with van der Waals surface area (Å²) in [6.45, 7) is 3.87. The maximum atomic E-state index is 8.47. The van der Waals surface area contributed by atoms with Crippen LogP contribution in [0.15, 0.2) is 35.7 Å². The average Bonchev–Trinajstić information content (AvgIpc) is 2.76. The number of nitriles is 2. The predicted octanol–water partition coefficient (Wildman–Crippen LogP) is 3.79. The Kier molecular flexibility index (Phi) is 4.94. The number of hydrogen-bond donors (Lipinski definition) is 0. The largest absolute Gasteiger partial charge is 0.192 e. The Morgan fingerprint density at radius 1 is 0.941 bits per heavy atom. The van der Waals surface area contributed by atoms with Crippen LogP contribution in [0.4, 0.5) is 0 Å². The van der Waals surface area contributed by atoms with E-state index in [0.717, 1.165) is 21.6 Å². The van der Waals surface area contributed by atoms with Crippen molar-refractivity contribution in [3.63, 3.8) is 0 Å². The molecule has 1 heterocycles. The first-order chi connectivity index (χ1) is 8.19. The Hall–Kier alpha value is -2.10. The summed E-state index contributed by atoms with van der Waals surface area (Å²) in [7, 11) is 0. The summed E-state index contributed by atoms with van der Waals surface area (Å²) < 4.78 is 0. The lowest BCUT2D eigenvalue weighted by Gasteiger charge is -1.90. The normalized spacial score (nSPS) is 8.47. The number of nitrogens with zero attached hydrogens (tertiary/aromatic N) is 2. The molecule has 0 aliphatic carbocycles. The molecular weight excluding hydrogens is 228 g/mol. The molecule has 2 rings (SSSR count). The zero-order chi connectivity index (χ0) is 12.7. The lowest BCUT2D eigenvalue weighted by molar-refractivity contribution is 1.39. The number of hydrogen-bond acceptors (Lipinski definition) is 3. The first-order valence-corrected chi connectivity index (χ1v) is 5.97. The van der Waals surface area contributed by atoms with Gasteiger partial charge in [0.15, 0.2) is 0 Å². The third kappa shape index (κ3) is 3.75. The van der Waals surface area contributed by atoms with Gasteiger partial charge in [0.2, 0.25) is 0 Å². The zero-order valence-electron chi connectivity index (χ0n) is 9.77. The fourth-order valence-electron chi connectivity index (χ4n) is 1.19. The van der Waals surface area contributed by atoms with Gasteiger partial charge in [0.25, 0.3) is 0 Å². The second kappa shape index (κ2) is 6.48. The Labute approximate surface area is 105 Å². The lowest BCUT2D eigenvalue weighted by atomic mass is 10.1. The van der Waals surface area contributed by atoms with E-state index in [-0.39, 0.29) is 0 Å². The molecule has 0 saturated carbocycles. The molecule has 1 aromatic carbocycles. The first kappa shape index (κ1) is 13.0. The molecule has 0 unspecified atom stereocenters. The van der Waals surface area contributed by atoms with Gasteiger partial charge in [-0.15, -0.1) is 11.3 Å². The highest BCUT2D eigenvalue weighted by Gasteiger charge is 1.93. The Bertz CT molecular complexity index is 570. The summed E-state index contributed by atoms with van der Waals surface area (Å²) in [5.74, 6) is 0. The fourth-order valence-corrected chi connectivity index (χ4v) is 1.90. The van der Waals surface area contributed by atoms with Crippen molar-refractivity contribution in [2.24, 2.45) is 0 Å². The van der Waals surface area contributed by atoms with Crippen molar-refractivity contribution in [3.8, 4) is 12.1 Å². The third-order valence-electron chi connectivity index (χ3n) is 2.23. The van der Waals surface area contributed by atoms with E-state index in [0.29, 0.717) is 0 Å². The van der Waals surface area contributed by atoms with E-state index in [1.807, 2.05) is 49.6 Å². The molecule has 0 aliphatic heterocycles.